The van der Waals surface area contributed by atoms with Crippen LogP contribution in [0.4, 0.5) is 4.39 Å². The topological polar surface area (TPSA) is 32.3 Å². The molecular weight excluding hydrogens is 273 g/mol. The van der Waals surface area contributed by atoms with Crippen LogP contribution in [0.3, 0.4) is 0 Å². The highest BCUT2D eigenvalue weighted by Gasteiger charge is 2.29. The van der Waals surface area contributed by atoms with Crippen molar-refractivity contribution in [3.63, 3.8) is 0 Å². The number of benzene rings is 1. The van der Waals surface area contributed by atoms with Gasteiger partial charge in [0.25, 0.3) is 0 Å². The summed E-state index contributed by atoms with van der Waals surface area (Å²) in [5.74, 6) is 1.93. The molecule has 1 heterocycles. The Bertz CT molecular complexity index is 403. The summed E-state index contributed by atoms with van der Waals surface area (Å²) in [7, 11) is 0. The minimum atomic E-state index is -0.518. The van der Waals surface area contributed by atoms with Crippen molar-refractivity contribution >= 4 is 11.8 Å². The predicted octanol–water partition coefficient (Wildman–Crippen LogP) is 2.99. The number of hydrogen-bond acceptors (Lipinski definition) is 3. The molecule has 2 N–H and O–H groups in total. The van der Waals surface area contributed by atoms with Gasteiger partial charge in [-0.25, -0.2) is 4.39 Å². The molecule has 0 radical (unpaired) electrons. The van der Waals surface area contributed by atoms with Crippen LogP contribution in [0.1, 0.15) is 31.7 Å². The Kier molecular flexibility index (Phi) is 5.87. The van der Waals surface area contributed by atoms with Crippen LogP contribution in [-0.2, 0) is 6.42 Å². The van der Waals surface area contributed by atoms with Crippen LogP contribution in [0.15, 0.2) is 24.3 Å². The third-order valence-electron chi connectivity index (χ3n) is 3.98. The van der Waals surface area contributed by atoms with Crippen LogP contribution in [0.5, 0.6) is 0 Å². The van der Waals surface area contributed by atoms with Crippen LogP contribution in [0.2, 0.25) is 0 Å². The molecule has 112 valence electrons. The summed E-state index contributed by atoms with van der Waals surface area (Å²) in [4.78, 5) is 0. The maximum absolute atomic E-state index is 12.8. The van der Waals surface area contributed by atoms with Crippen LogP contribution in [0, 0.1) is 5.82 Å². The third kappa shape index (κ3) is 5.08. The minimum absolute atomic E-state index is 0.183. The zero-order chi connectivity index (χ0) is 14.4. The molecule has 0 aliphatic carbocycles. The Labute approximate surface area is 125 Å². The van der Waals surface area contributed by atoms with E-state index in [9.17, 15) is 9.50 Å². The smallest absolute Gasteiger partial charge is 0.123 e. The van der Waals surface area contributed by atoms with E-state index in [0.717, 1.165) is 42.8 Å². The fraction of sp³-hybridized carbons (Fsp3) is 0.625. The van der Waals surface area contributed by atoms with E-state index in [0.29, 0.717) is 12.6 Å². The lowest BCUT2D eigenvalue weighted by molar-refractivity contribution is 0.0298. The summed E-state index contributed by atoms with van der Waals surface area (Å²) in [5, 5.41) is 13.9. The van der Waals surface area contributed by atoms with Gasteiger partial charge in [-0.2, -0.15) is 11.8 Å². The lowest BCUT2D eigenvalue weighted by atomic mass is 9.96. The highest BCUT2D eigenvalue weighted by Crippen LogP contribution is 2.26. The number of hydrogen-bond donors (Lipinski definition) is 2. The van der Waals surface area contributed by atoms with Gasteiger partial charge in [-0.05, 0) is 61.8 Å². The van der Waals surface area contributed by atoms with E-state index in [-0.39, 0.29) is 5.82 Å². The molecule has 0 bridgehead atoms. The number of aryl methyl sites for hydroxylation is 1. The molecule has 0 amide bonds. The second kappa shape index (κ2) is 7.43. The molecule has 1 aromatic carbocycles. The Hall–Kier alpha value is -0.580. The summed E-state index contributed by atoms with van der Waals surface area (Å²) in [5.41, 5.74) is 0.642. The van der Waals surface area contributed by atoms with Crippen molar-refractivity contribution < 1.29 is 9.50 Å². The molecule has 1 atom stereocenters. The molecule has 2 nitrogen and oxygen atoms in total. The van der Waals surface area contributed by atoms with Gasteiger partial charge in [0, 0.05) is 12.6 Å². The average molecular weight is 297 g/mol. The van der Waals surface area contributed by atoms with Crippen LogP contribution < -0.4 is 5.32 Å². The lowest BCUT2D eigenvalue weighted by Crippen LogP contribution is -2.46. The van der Waals surface area contributed by atoms with Crippen molar-refractivity contribution in [1.82, 2.24) is 5.32 Å². The van der Waals surface area contributed by atoms with Crippen molar-refractivity contribution in [1.29, 1.82) is 0 Å². The number of nitrogens with one attached hydrogen (secondary N) is 1. The quantitative estimate of drug-likeness (QED) is 0.846. The molecular formula is C16H24FNOS. The first-order valence-corrected chi connectivity index (χ1v) is 8.51. The van der Waals surface area contributed by atoms with Gasteiger partial charge in [0.15, 0.2) is 0 Å². The van der Waals surface area contributed by atoms with E-state index in [1.165, 1.54) is 12.1 Å². The molecule has 1 aliphatic rings. The van der Waals surface area contributed by atoms with Crippen LogP contribution >= 0.6 is 11.8 Å². The van der Waals surface area contributed by atoms with E-state index in [1.54, 1.807) is 0 Å². The first-order valence-electron chi connectivity index (χ1n) is 7.35. The zero-order valence-corrected chi connectivity index (χ0v) is 12.9. The van der Waals surface area contributed by atoms with Crippen molar-refractivity contribution in [3.8, 4) is 0 Å². The highest BCUT2D eigenvalue weighted by molar-refractivity contribution is 7.99. The summed E-state index contributed by atoms with van der Waals surface area (Å²) in [6.45, 7) is 2.82. The third-order valence-corrected chi connectivity index (χ3v) is 4.97. The molecule has 0 aromatic heterocycles. The monoisotopic (exact) mass is 297 g/mol. The van der Waals surface area contributed by atoms with Gasteiger partial charge >= 0.3 is 0 Å². The molecule has 1 saturated heterocycles. The van der Waals surface area contributed by atoms with E-state index >= 15 is 0 Å². The number of rotatable bonds is 6. The van der Waals surface area contributed by atoms with Crippen LogP contribution in [-0.4, -0.2) is 34.8 Å². The molecule has 0 spiro atoms. The Morgan fingerprint density at radius 1 is 1.30 bits per heavy atom. The molecule has 2 rings (SSSR count). The summed E-state index contributed by atoms with van der Waals surface area (Å²) >= 11 is 1.92. The first kappa shape index (κ1) is 15.8. The fourth-order valence-electron chi connectivity index (χ4n) is 2.43. The summed E-state index contributed by atoms with van der Waals surface area (Å²) in [6.07, 6.45) is 3.70. The van der Waals surface area contributed by atoms with E-state index in [1.807, 2.05) is 23.9 Å². The maximum atomic E-state index is 12.8. The van der Waals surface area contributed by atoms with Gasteiger partial charge in [0.05, 0.1) is 5.60 Å². The number of halogens is 1. The van der Waals surface area contributed by atoms with E-state index < -0.39 is 5.60 Å². The van der Waals surface area contributed by atoms with Gasteiger partial charge in [-0.3, -0.25) is 0 Å². The van der Waals surface area contributed by atoms with Gasteiger partial charge in [0.2, 0.25) is 0 Å². The number of aliphatic hydroxyl groups is 1. The second-order valence-corrected chi connectivity index (χ2v) is 7.01. The normalized spacial score (nSPS) is 19.8. The highest BCUT2D eigenvalue weighted by atomic mass is 32.2. The van der Waals surface area contributed by atoms with Crippen molar-refractivity contribution in [2.45, 2.75) is 44.2 Å². The maximum Gasteiger partial charge on any atom is 0.123 e. The standard InChI is InChI=1S/C16H24FNOS/c1-13(2-3-14-4-6-15(17)7-5-14)18-12-16(19)8-10-20-11-9-16/h4-7,13,18-19H,2-3,8-12H2,1H3. The molecule has 1 fully saturated rings. The molecule has 1 unspecified atom stereocenters. The molecule has 4 heteroatoms. The Morgan fingerprint density at radius 2 is 1.95 bits per heavy atom. The second-order valence-electron chi connectivity index (χ2n) is 5.78. The largest absolute Gasteiger partial charge is 0.389 e. The molecule has 20 heavy (non-hydrogen) atoms. The zero-order valence-electron chi connectivity index (χ0n) is 12.1. The first-order chi connectivity index (χ1) is 9.57. The SMILES string of the molecule is CC(CCc1ccc(F)cc1)NCC1(O)CCSCC1. The number of thioether (sulfide) groups is 1. The van der Waals surface area contributed by atoms with Gasteiger partial charge in [-0.15, -0.1) is 0 Å². The van der Waals surface area contributed by atoms with E-state index in [4.69, 9.17) is 0 Å². The Morgan fingerprint density at radius 3 is 2.60 bits per heavy atom. The molecule has 1 aliphatic heterocycles. The van der Waals surface area contributed by atoms with Gasteiger partial charge in [-0.1, -0.05) is 12.1 Å². The van der Waals surface area contributed by atoms with Crippen molar-refractivity contribution in [3.05, 3.63) is 35.6 Å². The molecule has 1 aromatic rings. The predicted molar refractivity (Wildman–Crippen MR) is 83.7 cm³/mol. The lowest BCUT2D eigenvalue weighted by Gasteiger charge is -2.33. The van der Waals surface area contributed by atoms with E-state index in [2.05, 4.69) is 12.2 Å². The summed E-state index contributed by atoms with van der Waals surface area (Å²) in [6, 6.07) is 7.06. The van der Waals surface area contributed by atoms with Gasteiger partial charge in [0.1, 0.15) is 5.82 Å². The Balaban J connectivity index is 1.69. The van der Waals surface area contributed by atoms with Crippen molar-refractivity contribution in [2.24, 2.45) is 0 Å². The minimum Gasteiger partial charge on any atom is -0.389 e. The average Bonchev–Trinajstić information content (AvgIpc) is 2.45. The van der Waals surface area contributed by atoms with Crippen LogP contribution in [0.25, 0.3) is 0 Å². The fourth-order valence-corrected chi connectivity index (χ4v) is 3.68. The summed E-state index contributed by atoms with van der Waals surface area (Å²) < 4.78 is 12.8. The van der Waals surface area contributed by atoms with Crippen molar-refractivity contribution in [2.75, 3.05) is 18.1 Å². The molecule has 0 saturated carbocycles. The van der Waals surface area contributed by atoms with Gasteiger partial charge < -0.3 is 10.4 Å².